The lowest BCUT2D eigenvalue weighted by Crippen LogP contribution is -2.01. The Kier molecular flexibility index (Phi) is 3.52. The Morgan fingerprint density at radius 3 is 2.71 bits per heavy atom. The highest BCUT2D eigenvalue weighted by atomic mass is 79.9. The molecule has 0 atom stereocenters. The van der Waals surface area contributed by atoms with Gasteiger partial charge in [0, 0.05) is 18.9 Å². The van der Waals surface area contributed by atoms with Crippen LogP contribution in [0, 0.1) is 6.92 Å². The first-order valence-electron chi connectivity index (χ1n) is 4.16. The summed E-state index contributed by atoms with van der Waals surface area (Å²) in [5.41, 5.74) is 8.45. The minimum atomic E-state index is 0.704. The lowest BCUT2D eigenvalue weighted by Gasteiger charge is -2.12. The van der Waals surface area contributed by atoms with Gasteiger partial charge in [0.15, 0.2) is 0 Å². The molecule has 4 heteroatoms. The van der Waals surface area contributed by atoms with Gasteiger partial charge in [-0.3, -0.25) is 4.99 Å². The van der Waals surface area contributed by atoms with Crippen molar-refractivity contribution < 1.29 is 4.74 Å². The molecule has 14 heavy (non-hydrogen) atoms. The van der Waals surface area contributed by atoms with Crippen LogP contribution in [-0.4, -0.2) is 20.4 Å². The van der Waals surface area contributed by atoms with Gasteiger partial charge in [0.05, 0.1) is 17.1 Å². The second-order valence-electron chi connectivity index (χ2n) is 2.92. The fraction of sp³-hybridized carbons (Fsp3) is 0.300. The molecule has 0 aliphatic heterocycles. The number of anilines is 1. The van der Waals surface area contributed by atoms with Gasteiger partial charge in [0.1, 0.15) is 5.75 Å². The summed E-state index contributed by atoms with van der Waals surface area (Å²) >= 11 is 3.42. The van der Waals surface area contributed by atoms with Crippen LogP contribution in [0.25, 0.3) is 0 Å². The third kappa shape index (κ3) is 1.90. The van der Waals surface area contributed by atoms with Crippen LogP contribution in [0.4, 0.5) is 5.69 Å². The van der Waals surface area contributed by atoms with Gasteiger partial charge in [0.2, 0.25) is 0 Å². The Bertz CT molecular complexity index is 375. The van der Waals surface area contributed by atoms with Crippen molar-refractivity contribution in [3.8, 4) is 5.75 Å². The third-order valence-corrected chi connectivity index (χ3v) is 2.57. The van der Waals surface area contributed by atoms with E-state index in [9.17, 15) is 0 Å². The van der Waals surface area contributed by atoms with Crippen LogP contribution in [0.1, 0.15) is 11.1 Å². The molecular formula is C10H13BrN2O. The van der Waals surface area contributed by atoms with Crippen LogP contribution in [0.15, 0.2) is 15.5 Å². The van der Waals surface area contributed by atoms with Gasteiger partial charge < -0.3 is 10.5 Å². The minimum absolute atomic E-state index is 0.704. The summed E-state index contributed by atoms with van der Waals surface area (Å²) in [6.45, 7) is 1.95. The highest BCUT2D eigenvalue weighted by Crippen LogP contribution is 2.34. The largest absolute Gasteiger partial charge is 0.495 e. The standard InChI is InChI=1S/C10H13BrN2O/c1-6-4-8(11)10(14-3)7(5-13-2)9(6)12/h4-5H,12H2,1-3H3. The number of methoxy groups -OCH3 is 1. The number of aryl methyl sites for hydroxylation is 1. The Labute approximate surface area is 92.1 Å². The summed E-state index contributed by atoms with van der Waals surface area (Å²) in [6, 6.07) is 1.93. The van der Waals surface area contributed by atoms with Crippen molar-refractivity contribution >= 4 is 27.8 Å². The molecule has 0 fully saturated rings. The van der Waals surface area contributed by atoms with Gasteiger partial charge in [-0.05, 0) is 34.5 Å². The third-order valence-electron chi connectivity index (χ3n) is 1.98. The van der Waals surface area contributed by atoms with Gasteiger partial charge in [0.25, 0.3) is 0 Å². The van der Waals surface area contributed by atoms with Crippen LogP contribution in [0.5, 0.6) is 5.75 Å². The lowest BCUT2D eigenvalue weighted by molar-refractivity contribution is 0.411. The van der Waals surface area contributed by atoms with E-state index in [0.717, 1.165) is 21.3 Å². The van der Waals surface area contributed by atoms with E-state index < -0.39 is 0 Å². The maximum Gasteiger partial charge on any atom is 0.143 e. The Morgan fingerprint density at radius 2 is 2.21 bits per heavy atom. The first-order valence-corrected chi connectivity index (χ1v) is 4.95. The highest BCUT2D eigenvalue weighted by Gasteiger charge is 2.11. The van der Waals surface area contributed by atoms with Gasteiger partial charge in [-0.2, -0.15) is 0 Å². The first kappa shape index (κ1) is 11.0. The van der Waals surface area contributed by atoms with Gasteiger partial charge >= 0.3 is 0 Å². The van der Waals surface area contributed by atoms with Gasteiger partial charge in [-0.15, -0.1) is 0 Å². The fourth-order valence-corrected chi connectivity index (χ4v) is 1.98. The summed E-state index contributed by atoms with van der Waals surface area (Å²) in [5.74, 6) is 0.721. The number of hydrogen-bond acceptors (Lipinski definition) is 3. The molecular weight excluding hydrogens is 244 g/mol. The second-order valence-corrected chi connectivity index (χ2v) is 3.78. The molecule has 0 aliphatic carbocycles. The molecule has 1 rings (SSSR count). The summed E-state index contributed by atoms with van der Waals surface area (Å²) < 4.78 is 6.14. The molecule has 0 aliphatic rings. The molecule has 1 aromatic rings. The number of rotatable bonds is 2. The number of nitrogens with two attached hydrogens (primary N) is 1. The molecule has 0 bridgehead atoms. The second kappa shape index (κ2) is 4.46. The summed E-state index contributed by atoms with van der Waals surface area (Å²) in [7, 11) is 3.32. The number of nitrogens with zero attached hydrogens (tertiary/aromatic N) is 1. The van der Waals surface area contributed by atoms with E-state index in [2.05, 4.69) is 20.9 Å². The molecule has 0 heterocycles. The topological polar surface area (TPSA) is 47.6 Å². The van der Waals surface area contributed by atoms with E-state index in [-0.39, 0.29) is 0 Å². The molecule has 0 radical (unpaired) electrons. The van der Waals surface area contributed by atoms with E-state index in [1.807, 2.05) is 13.0 Å². The number of ether oxygens (including phenoxy) is 1. The van der Waals surface area contributed by atoms with Gasteiger partial charge in [-0.1, -0.05) is 0 Å². The van der Waals surface area contributed by atoms with Crippen molar-refractivity contribution in [2.24, 2.45) is 4.99 Å². The Morgan fingerprint density at radius 1 is 1.57 bits per heavy atom. The highest BCUT2D eigenvalue weighted by molar-refractivity contribution is 9.10. The number of halogens is 1. The molecule has 0 amide bonds. The zero-order valence-corrected chi connectivity index (χ0v) is 10.1. The van der Waals surface area contributed by atoms with Crippen molar-refractivity contribution in [1.29, 1.82) is 0 Å². The zero-order valence-electron chi connectivity index (χ0n) is 8.47. The van der Waals surface area contributed by atoms with E-state index in [1.165, 1.54) is 0 Å². The van der Waals surface area contributed by atoms with Crippen molar-refractivity contribution in [3.05, 3.63) is 21.7 Å². The molecule has 0 unspecified atom stereocenters. The number of benzene rings is 1. The van der Waals surface area contributed by atoms with E-state index in [0.29, 0.717) is 5.69 Å². The van der Waals surface area contributed by atoms with Crippen LogP contribution >= 0.6 is 15.9 Å². The summed E-state index contributed by atoms with van der Waals surface area (Å²) in [5, 5.41) is 0. The zero-order chi connectivity index (χ0) is 10.7. The molecule has 1 aromatic carbocycles. The predicted molar refractivity (Wildman–Crippen MR) is 63.4 cm³/mol. The quantitative estimate of drug-likeness (QED) is 0.653. The van der Waals surface area contributed by atoms with E-state index in [4.69, 9.17) is 10.5 Å². The molecule has 0 saturated carbocycles. The normalized spacial score (nSPS) is 10.9. The van der Waals surface area contributed by atoms with Crippen LogP contribution in [0.2, 0.25) is 0 Å². The fourth-order valence-electron chi connectivity index (χ4n) is 1.26. The van der Waals surface area contributed by atoms with Crippen molar-refractivity contribution in [2.75, 3.05) is 19.9 Å². The SMILES string of the molecule is CN=Cc1c(N)c(C)cc(Br)c1OC. The molecule has 0 saturated heterocycles. The van der Waals surface area contributed by atoms with Crippen molar-refractivity contribution in [2.45, 2.75) is 6.92 Å². The molecule has 2 N–H and O–H groups in total. The van der Waals surface area contributed by atoms with Crippen LogP contribution in [0.3, 0.4) is 0 Å². The first-order chi connectivity index (χ1) is 6.61. The molecule has 0 aromatic heterocycles. The smallest absolute Gasteiger partial charge is 0.143 e. The number of hydrogen-bond donors (Lipinski definition) is 1. The maximum absolute atomic E-state index is 5.92. The van der Waals surface area contributed by atoms with Crippen molar-refractivity contribution in [1.82, 2.24) is 0 Å². The Balaban J connectivity index is 3.47. The van der Waals surface area contributed by atoms with Crippen LogP contribution in [-0.2, 0) is 0 Å². The summed E-state index contributed by atoms with van der Waals surface area (Å²) in [6.07, 6.45) is 1.70. The van der Waals surface area contributed by atoms with E-state index in [1.54, 1.807) is 20.4 Å². The monoisotopic (exact) mass is 256 g/mol. The average Bonchev–Trinajstić information content (AvgIpc) is 2.14. The minimum Gasteiger partial charge on any atom is -0.495 e. The Hall–Kier alpha value is -1.03. The predicted octanol–water partition coefficient (Wildman–Crippen LogP) is 2.40. The molecule has 3 nitrogen and oxygen atoms in total. The van der Waals surface area contributed by atoms with Gasteiger partial charge in [-0.25, -0.2) is 0 Å². The molecule has 0 spiro atoms. The maximum atomic E-state index is 5.92. The van der Waals surface area contributed by atoms with E-state index >= 15 is 0 Å². The average molecular weight is 257 g/mol. The lowest BCUT2D eigenvalue weighted by atomic mass is 10.1. The van der Waals surface area contributed by atoms with Crippen molar-refractivity contribution in [3.63, 3.8) is 0 Å². The molecule has 76 valence electrons. The number of aliphatic imine (C=N–C) groups is 1. The number of nitrogen functional groups attached to an aromatic ring is 1. The summed E-state index contributed by atoms with van der Waals surface area (Å²) in [4.78, 5) is 3.95. The van der Waals surface area contributed by atoms with Crippen LogP contribution < -0.4 is 10.5 Å².